The van der Waals surface area contributed by atoms with E-state index in [4.69, 9.17) is 0 Å². The Balaban J connectivity index is 1.54. The number of benzene rings is 5. The van der Waals surface area contributed by atoms with Gasteiger partial charge in [0.05, 0.1) is 0 Å². The quantitative estimate of drug-likeness (QED) is 0.183. The van der Waals surface area contributed by atoms with Crippen molar-refractivity contribution in [2.24, 2.45) is 0 Å². The van der Waals surface area contributed by atoms with Crippen LogP contribution in [0.4, 0.5) is 34.1 Å². The average Bonchev–Trinajstić information content (AvgIpc) is 2.99. The summed E-state index contributed by atoms with van der Waals surface area (Å²) in [6.07, 6.45) is 0. The highest BCUT2D eigenvalue weighted by Crippen LogP contribution is 2.47. The van der Waals surface area contributed by atoms with Crippen LogP contribution < -0.4 is 36.6 Å². The molecule has 0 aromatic heterocycles. The van der Waals surface area contributed by atoms with Crippen LogP contribution in [-0.4, -0.2) is 14.8 Å². The maximum atomic E-state index is 2.64. The monoisotopic (exact) mass is 588 g/mol. The Bertz CT molecular complexity index is 1980. The van der Waals surface area contributed by atoms with Gasteiger partial charge >= 0.3 is 0 Å². The summed E-state index contributed by atoms with van der Waals surface area (Å²) in [5.74, 6) is 0. The smallest absolute Gasteiger partial charge is 0.252 e. The molecule has 44 heavy (non-hydrogen) atoms. The second-order valence-electron chi connectivity index (χ2n) is 15.5. The summed E-state index contributed by atoms with van der Waals surface area (Å²) >= 11 is 0. The SMILES string of the molecule is CC(C)(C)c1ccc2c(c1)N(c1ccccc1)c1cc(C(C)(C)C)cc3c1B2c1cccc2c1N3c1ccccc1[Si]2(C)C. The van der Waals surface area contributed by atoms with Crippen molar-refractivity contribution in [1.29, 1.82) is 0 Å². The van der Waals surface area contributed by atoms with E-state index < -0.39 is 8.07 Å². The van der Waals surface area contributed by atoms with E-state index in [1.165, 1.54) is 66.8 Å². The molecule has 8 rings (SSSR count). The normalized spacial score (nSPS) is 15.8. The summed E-state index contributed by atoms with van der Waals surface area (Å²) in [7, 11) is -1.94. The minimum absolute atomic E-state index is 0.0138. The molecule has 3 aliphatic rings. The molecule has 3 heterocycles. The van der Waals surface area contributed by atoms with Crippen molar-refractivity contribution in [3.8, 4) is 0 Å². The van der Waals surface area contributed by atoms with Crippen molar-refractivity contribution in [3.05, 3.63) is 114 Å². The van der Waals surface area contributed by atoms with Crippen LogP contribution in [0.3, 0.4) is 0 Å². The molecule has 218 valence electrons. The minimum atomic E-state index is -1.94. The first-order valence-corrected chi connectivity index (χ1v) is 19.1. The van der Waals surface area contributed by atoms with Crippen molar-refractivity contribution in [2.45, 2.75) is 65.5 Å². The van der Waals surface area contributed by atoms with Gasteiger partial charge in [-0.25, -0.2) is 0 Å². The van der Waals surface area contributed by atoms with Gasteiger partial charge in [0, 0.05) is 34.1 Å². The second kappa shape index (κ2) is 9.01. The molecule has 0 bridgehead atoms. The number of fused-ring (bicyclic) bond motifs is 6. The number of hydrogen-bond donors (Lipinski definition) is 0. The van der Waals surface area contributed by atoms with E-state index in [9.17, 15) is 0 Å². The van der Waals surface area contributed by atoms with Gasteiger partial charge in [-0.05, 0) is 85.1 Å². The third kappa shape index (κ3) is 3.73. The lowest BCUT2D eigenvalue weighted by molar-refractivity contribution is 0.590. The average molecular weight is 589 g/mol. The Hall–Kier alpha value is -4.02. The minimum Gasteiger partial charge on any atom is -0.312 e. The molecular formula is C40H41BN2Si. The third-order valence-corrected chi connectivity index (χ3v) is 13.8. The zero-order valence-corrected chi connectivity index (χ0v) is 28.3. The summed E-state index contributed by atoms with van der Waals surface area (Å²) in [4.78, 5) is 5.19. The lowest BCUT2D eigenvalue weighted by Crippen LogP contribution is -2.67. The molecule has 4 heteroatoms. The molecule has 0 saturated heterocycles. The predicted octanol–water partition coefficient (Wildman–Crippen LogP) is 7.50. The van der Waals surface area contributed by atoms with E-state index in [-0.39, 0.29) is 17.5 Å². The second-order valence-corrected chi connectivity index (χ2v) is 19.9. The van der Waals surface area contributed by atoms with Crippen LogP contribution in [0.5, 0.6) is 0 Å². The first-order chi connectivity index (χ1) is 20.9. The van der Waals surface area contributed by atoms with E-state index in [1.807, 2.05) is 0 Å². The third-order valence-electron chi connectivity index (χ3n) is 10.3. The molecule has 5 aromatic carbocycles. The molecule has 0 aliphatic carbocycles. The lowest BCUT2D eigenvalue weighted by atomic mass is 9.33. The van der Waals surface area contributed by atoms with Crippen molar-refractivity contribution in [3.63, 3.8) is 0 Å². The predicted molar refractivity (Wildman–Crippen MR) is 195 cm³/mol. The van der Waals surface area contributed by atoms with Crippen LogP contribution in [-0.2, 0) is 10.8 Å². The molecule has 0 amide bonds. The molecule has 5 aromatic rings. The Morgan fingerprint density at radius 3 is 1.84 bits per heavy atom. The van der Waals surface area contributed by atoms with Gasteiger partial charge < -0.3 is 9.80 Å². The molecule has 0 atom stereocenters. The topological polar surface area (TPSA) is 6.48 Å². The summed E-state index contributed by atoms with van der Waals surface area (Å²) in [5.41, 5.74) is 14.9. The fourth-order valence-electron chi connectivity index (χ4n) is 7.89. The molecule has 0 fully saturated rings. The largest absolute Gasteiger partial charge is 0.312 e. The van der Waals surface area contributed by atoms with Crippen molar-refractivity contribution >= 4 is 75.7 Å². The van der Waals surface area contributed by atoms with Gasteiger partial charge in [-0.15, -0.1) is 0 Å². The van der Waals surface area contributed by atoms with Gasteiger partial charge in [0.1, 0.15) is 8.07 Å². The summed E-state index contributed by atoms with van der Waals surface area (Å²) < 4.78 is 0. The van der Waals surface area contributed by atoms with Crippen LogP contribution in [0.2, 0.25) is 13.1 Å². The molecule has 0 saturated carbocycles. The van der Waals surface area contributed by atoms with Crippen LogP contribution in [0.15, 0.2) is 103 Å². The Morgan fingerprint density at radius 2 is 1.14 bits per heavy atom. The Morgan fingerprint density at radius 1 is 0.523 bits per heavy atom. The highest BCUT2D eigenvalue weighted by atomic mass is 28.3. The number of nitrogens with zero attached hydrogens (tertiary/aromatic N) is 2. The molecule has 0 unspecified atom stereocenters. The number of rotatable bonds is 1. The fraction of sp³-hybridized carbons (Fsp3) is 0.250. The van der Waals surface area contributed by atoms with E-state index >= 15 is 0 Å². The van der Waals surface area contributed by atoms with E-state index in [0.717, 1.165) is 0 Å². The number of para-hydroxylation sites is 3. The summed E-state index contributed by atoms with van der Waals surface area (Å²) in [5, 5.41) is 3.06. The Labute approximate surface area is 264 Å². The van der Waals surface area contributed by atoms with Gasteiger partial charge in [-0.2, -0.15) is 0 Å². The van der Waals surface area contributed by atoms with Gasteiger partial charge in [0.2, 0.25) is 0 Å². The van der Waals surface area contributed by atoms with Gasteiger partial charge in [-0.1, -0.05) is 121 Å². The van der Waals surface area contributed by atoms with E-state index in [1.54, 1.807) is 5.19 Å². The maximum Gasteiger partial charge on any atom is 0.252 e. The van der Waals surface area contributed by atoms with Gasteiger partial charge in [0.15, 0.2) is 0 Å². The van der Waals surface area contributed by atoms with Gasteiger partial charge in [-0.3, -0.25) is 0 Å². The molecule has 0 spiro atoms. The molecule has 3 aliphatic heterocycles. The summed E-state index contributed by atoms with van der Waals surface area (Å²) in [6.45, 7) is 19.3. The van der Waals surface area contributed by atoms with Crippen molar-refractivity contribution in [1.82, 2.24) is 0 Å². The van der Waals surface area contributed by atoms with Crippen LogP contribution in [0.25, 0.3) is 0 Å². The van der Waals surface area contributed by atoms with E-state index in [2.05, 4.69) is 168 Å². The van der Waals surface area contributed by atoms with Crippen LogP contribution in [0, 0.1) is 0 Å². The van der Waals surface area contributed by atoms with E-state index in [0.29, 0.717) is 0 Å². The lowest BCUT2D eigenvalue weighted by Gasteiger charge is -2.49. The number of hydrogen-bond acceptors (Lipinski definition) is 2. The summed E-state index contributed by atoms with van der Waals surface area (Å²) in [6, 6.07) is 39.7. The zero-order valence-electron chi connectivity index (χ0n) is 27.3. The van der Waals surface area contributed by atoms with Gasteiger partial charge in [0.25, 0.3) is 6.71 Å². The van der Waals surface area contributed by atoms with Crippen molar-refractivity contribution < 1.29 is 0 Å². The highest BCUT2D eigenvalue weighted by Gasteiger charge is 2.49. The highest BCUT2D eigenvalue weighted by molar-refractivity contribution is 7.05. The zero-order chi connectivity index (χ0) is 30.8. The van der Waals surface area contributed by atoms with Crippen molar-refractivity contribution in [2.75, 3.05) is 9.80 Å². The Kier molecular flexibility index (Phi) is 5.64. The fourth-order valence-corrected chi connectivity index (χ4v) is 10.9. The first kappa shape index (κ1) is 27.5. The molecule has 0 N–H and O–H groups in total. The molecule has 2 nitrogen and oxygen atoms in total. The maximum absolute atomic E-state index is 2.64. The standard InChI is InChI=1S/C40H41BN2Si/c1-39(2,3)26-21-22-29-32(23-26)42(28-15-10-9-11-16-28)33-24-27(40(4,5)6)25-34-37(33)41(29)30-17-14-20-36-38(30)43(34)31-18-12-13-19-35(31)44(36,7)8/h9-25H,1-8H3. The van der Waals surface area contributed by atoms with Crippen LogP contribution >= 0.6 is 0 Å². The number of anilines is 6. The molecule has 0 radical (unpaired) electrons. The molecular weight excluding hydrogens is 547 g/mol. The van der Waals surface area contributed by atoms with Crippen LogP contribution in [0.1, 0.15) is 52.7 Å². The first-order valence-electron chi connectivity index (χ1n) is 16.1.